The van der Waals surface area contributed by atoms with Gasteiger partial charge in [0.15, 0.2) is 11.5 Å². The monoisotopic (exact) mass is 220 g/mol. The first-order valence-electron chi connectivity index (χ1n) is 4.59. The van der Waals surface area contributed by atoms with Gasteiger partial charge < -0.3 is 24.8 Å². The molecule has 0 aliphatic carbocycles. The fourth-order valence-corrected chi connectivity index (χ4v) is 1.56. The van der Waals surface area contributed by atoms with Gasteiger partial charge in [0.25, 0.3) is 0 Å². The van der Waals surface area contributed by atoms with Crippen molar-refractivity contribution in [3.63, 3.8) is 0 Å². The zero-order chi connectivity index (χ0) is 11.1. The van der Waals surface area contributed by atoms with Crippen LogP contribution in [0, 0.1) is 0 Å². The van der Waals surface area contributed by atoms with Crippen molar-refractivity contribution >= 4 is 5.88 Å². The molecule has 0 unspecified atom stereocenters. The fourth-order valence-electron chi connectivity index (χ4n) is 1.56. The number of phenolic OH excluding ortho intramolecular Hbond substituents is 1. The van der Waals surface area contributed by atoms with Gasteiger partial charge in [0.1, 0.15) is 5.69 Å². The lowest BCUT2D eigenvalue weighted by atomic mass is 10.1. The molecular weight excluding hydrogens is 212 g/mol. The molecule has 1 aliphatic heterocycles. The van der Waals surface area contributed by atoms with Crippen LogP contribution in [0.4, 0.5) is 5.88 Å². The minimum absolute atomic E-state index is 0.00608. The third-order valence-electron chi connectivity index (χ3n) is 2.28. The highest BCUT2D eigenvalue weighted by molar-refractivity contribution is 5.69. The van der Waals surface area contributed by atoms with Crippen molar-refractivity contribution in [1.82, 2.24) is 5.16 Å². The summed E-state index contributed by atoms with van der Waals surface area (Å²) in [6.07, 6.45) is 0. The van der Waals surface area contributed by atoms with Crippen LogP contribution in [0.3, 0.4) is 0 Å². The van der Waals surface area contributed by atoms with E-state index in [1.807, 2.05) is 0 Å². The van der Waals surface area contributed by atoms with Crippen molar-refractivity contribution in [1.29, 1.82) is 0 Å². The summed E-state index contributed by atoms with van der Waals surface area (Å²) in [6, 6.07) is 4.79. The molecule has 0 bridgehead atoms. The largest absolute Gasteiger partial charge is 0.504 e. The molecule has 0 radical (unpaired) electrons. The van der Waals surface area contributed by atoms with Crippen LogP contribution in [0.1, 0.15) is 0 Å². The quantitative estimate of drug-likeness (QED) is 0.753. The summed E-state index contributed by atoms with van der Waals surface area (Å²) in [7, 11) is 0. The predicted molar refractivity (Wildman–Crippen MR) is 54.1 cm³/mol. The van der Waals surface area contributed by atoms with Crippen molar-refractivity contribution in [3.8, 4) is 28.5 Å². The average molecular weight is 220 g/mol. The number of phenols is 1. The molecule has 6 heteroatoms. The number of rotatable bonds is 1. The first-order valence-corrected chi connectivity index (χ1v) is 4.59. The second kappa shape index (κ2) is 3.06. The Morgan fingerprint density at radius 3 is 2.88 bits per heavy atom. The Morgan fingerprint density at radius 1 is 1.25 bits per heavy atom. The van der Waals surface area contributed by atoms with Crippen LogP contribution in [-0.2, 0) is 0 Å². The number of nitrogens with two attached hydrogens (primary N) is 1. The summed E-state index contributed by atoms with van der Waals surface area (Å²) in [6.45, 7) is 0.104. The van der Waals surface area contributed by atoms with Crippen molar-refractivity contribution in [2.75, 3.05) is 12.5 Å². The molecule has 1 aromatic heterocycles. The van der Waals surface area contributed by atoms with Gasteiger partial charge in [-0.3, -0.25) is 0 Å². The molecule has 6 nitrogen and oxygen atoms in total. The molecule has 0 spiro atoms. The van der Waals surface area contributed by atoms with E-state index in [0.717, 1.165) is 0 Å². The highest BCUT2D eigenvalue weighted by Gasteiger charge is 2.20. The predicted octanol–water partition coefficient (Wildman–Crippen LogP) is 1.36. The molecule has 16 heavy (non-hydrogen) atoms. The fraction of sp³-hybridized carbons (Fsp3) is 0.100. The maximum atomic E-state index is 9.69. The molecule has 1 aromatic carbocycles. The minimum Gasteiger partial charge on any atom is -0.504 e. The Bertz CT molecular complexity index is 550. The van der Waals surface area contributed by atoms with Gasteiger partial charge in [-0.05, 0) is 12.1 Å². The molecule has 1 aliphatic rings. The van der Waals surface area contributed by atoms with Crippen LogP contribution in [0.2, 0.25) is 0 Å². The van der Waals surface area contributed by atoms with Gasteiger partial charge in [0.2, 0.25) is 18.4 Å². The smallest absolute Gasteiger partial charge is 0.231 e. The molecule has 3 N–H and O–H groups in total. The highest BCUT2D eigenvalue weighted by Crippen LogP contribution is 2.43. The molecule has 0 saturated carbocycles. The Labute approximate surface area is 90.2 Å². The Hall–Kier alpha value is -2.37. The number of hydrogen-bond donors (Lipinski definition) is 2. The normalized spacial score (nSPS) is 13.0. The van der Waals surface area contributed by atoms with Crippen LogP contribution in [0.15, 0.2) is 22.7 Å². The van der Waals surface area contributed by atoms with E-state index >= 15 is 0 Å². The summed E-state index contributed by atoms with van der Waals surface area (Å²) in [4.78, 5) is 0. The number of hydrogen-bond acceptors (Lipinski definition) is 6. The van der Waals surface area contributed by atoms with Crippen molar-refractivity contribution in [2.24, 2.45) is 0 Å². The number of anilines is 1. The van der Waals surface area contributed by atoms with E-state index in [9.17, 15) is 5.11 Å². The summed E-state index contributed by atoms with van der Waals surface area (Å²) in [5.41, 5.74) is 6.61. The van der Waals surface area contributed by atoms with E-state index in [0.29, 0.717) is 22.8 Å². The van der Waals surface area contributed by atoms with E-state index in [1.165, 1.54) is 6.07 Å². The second-order valence-corrected chi connectivity index (χ2v) is 3.34. The summed E-state index contributed by atoms with van der Waals surface area (Å²) in [5, 5.41) is 13.4. The van der Waals surface area contributed by atoms with E-state index in [4.69, 9.17) is 19.7 Å². The van der Waals surface area contributed by atoms with Crippen LogP contribution < -0.4 is 15.2 Å². The van der Waals surface area contributed by atoms with E-state index in [2.05, 4.69) is 5.16 Å². The number of fused-ring (bicyclic) bond motifs is 1. The third kappa shape index (κ3) is 1.23. The molecule has 3 rings (SSSR count). The lowest BCUT2D eigenvalue weighted by molar-refractivity contribution is 0.171. The van der Waals surface area contributed by atoms with Crippen molar-refractivity contribution in [3.05, 3.63) is 18.2 Å². The molecule has 2 heterocycles. The maximum absolute atomic E-state index is 9.69. The lowest BCUT2D eigenvalue weighted by Crippen LogP contribution is -1.93. The van der Waals surface area contributed by atoms with Gasteiger partial charge in [0, 0.05) is 11.6 Å². The van der Waals surface area contributed by atoms with Crippen LogP contribution in [-0.4, -0.2) is 17.1 Å². The Balaban J connectivity index is 2.12. The van der Waals surface area contributed by atoms with Gasteiger partial charge >= 0.3 is 0 Å². The van der Waals surface area contributed by atoms with Gasteiger partial charge in [-0.2, -0.15) is 0 Å². The average Bonchev–Trinajstić information content (AvgIpc) is 2.85. The molecular formula is C10H8N2O4. The lowest BCUT2D eigenvalue weighted by Gasteiger charge is -2.01. The van der Waals surface area contributed by atoms with Gasteiger partial charge in [0.05, 0.1) is 0 Å². The van der Waals surface area contributed by atoms with Crippen LogP contribution in [0.25, 0.3) is 11.3 Å². The summed E-state index contributed by atoms with van der Waals surface area (Å²) in [5.74, 6) is 1.05. The number of aromatic nitrogens is 1. The number of nitrogens with zero attached hydrogens (tertiary/aromatic N) is 1. The van der Waals surface area contributed by atoms with Crippen molar-refractivity contribution < 1.29 is 19.1 Å². The zero-order valence-corrected chi connectivity index (χ0v) is 8.14. The number of nitrogen functional groups attached to an aromatic ring is 1. The zero-order valence-electron chi connectivity index (χ0n) is 8.14. The molecule has 82 valence electrons. The van der Waals surface area contributed by atoms with E-state index in [1.54, 1.807) is 12.1 Å². The molecule has 0 fully saturated rings. The minimum atomic E-state index is 0.00608. The number of aromatic hydroxyl groups is 1. The summed E-state index contributed by atoms with van der Waals surface area (Å²) >= 11 is 0. The third-order valence-corrected chi connectivity index (χ3v) is 2.28. The standard InChI is InChI=1S/C10H8N2O4/c11-9-3-6(12-16-9)5-1-7(13)10-8(2-5)14-4-15-10/h1-3,13H,4,11H2. The molecule has 0 atom stereocenters. The first kappa shape index (κ1) is 8.90. The van der Waals surface area contributed by atoms with Crippen LogP contribution in [0.5, 0.6) is 17.2 Å². The van der Waals surface area contributed by atoms with Gasteiger partial charge in [-0.15, -0.1) is 0 Å². The number of benzene rings is 1. The molecule has 2 aromatic rings. The topological polar surface area (TPSA) is 90.7 Å². The summed E-state index contributed by atoms with van der Waals surface area (Å²) < 4.78 is 15.0. The molecule has 0 saturated heterocycles. The Morgan fingerprint density at radius 2 is 2.12 bits per heavy atom. The Kier molecular flexibility index (Phi) is 1.70. The van der Waals surface area contributed by atoms with E-state index < -0.39 is 0 Å². The number of ether oxygens (including phenoxy) is 2. The first-order chi connectivity index (χ1) is 7.74. The molecule has 0 amide bonds. The van der Waals surface area contributed by atoms with E-state index in [-0.39, 0.29) is 18.4 Å². The maximum Gasteiger partial charge on any atom is 0.231 e. The van der Waals surface area contributed by atoms with Crippen molar-refractivity contribution in [2.45, 2.75) is 0 Å². The highest BCUT2D eigenvalue weighted by atomic mass is 16.7. The van der Waals surface area contributed by atoms with Crippen LogP contribution >= 0.6 is 0 Å². The van der Waals surface area contributed by atoms with Gasteiger partial charge in [-0.1, -0.05) is 5.16 Å². The SMILES string of the molecule is Nc1cc(-c2cc(O)c3c(c2)OCO3)no1. The van der Waals surface area contributed by atoms with Gasteiger partial charge in [-0.25, -0.2) is 0 Å². The second-order valence-electron chi connectivity index (χ2n) is 3.34.